The molecule has 0 aromatic heterocycles. The van der Waals surface area contributed by atoms with Crippen molar-refractivity contribution in [3.8, 4) is 0 Å². The van der Waals surface area contributed by atoms with Crippen molar-refractivity contribution in [3.63, 3.8) is 0 Å². The Morgan fingerprint density at radius 3 is 2.67 bits per heavy atom. The summed E-state index contributed by atoms with van der Waals surface area (Å²) in [5.41, 5.74) is 0.766. The lowest BCUT2D eigenvalue weighted by atomic mass is 9.93. The Morgan fingerprint density at radius 1 is 1.28 bits per heavy atom. The van der Waals surface area contributed by atoms with Crippen LogP contribution in [0.2, 0.25) is 0 Å². The molecule has 0 radical (unpaired) electrons. The first-order chi connectivity index (χ1) is 8.70. The Balaban J connectivity index is 2.10. The van der Waals surface area contributed by atoms with Gasteiger partial charge in [-0.15, -0.1) is 0 Å². The van der Waals surface area contributed by atoms with Gasteiger partial charge in [0.1, 0.15) is 5.82 Å². The number of amides is 1. The fourth-order valence-corrected chi connectivity index (χ4v) is 2.28. The number of carbonyl (C=O) groups is 1. The number of aliphatic hydroxyl groups excluding tert-OH is 1. The van der Waals surface area contributed by atoms with E-state index in [1.807, 2.05) is 0 Å². The Kier molecular flexibility index (Phi) is 4.15. The minimum atomic E-state index is -0.382. The molecule has 1 aliphatic carbocycles. The van der Waals surface area contributed by atoms with Crippen molar-refractivity contribution >= 4 is 17.8 Å². The molecule has 0 bridgehead atoms. The molecule has 3 N–H and O–H groups in total. The van der Waals surface area contributed by atoms with E-state index in [2.05, 4.69) is 10.6 Å². The van der Waals surface area contributed by atoms with Gasteiger partial charge in [-0.1, -0.05) is 6.07 Å². The molecule has 1 aromatic carbocycles. The fraction of sp³-hybridized carbons (Fsp3) is 0.462. The Bertz CT molecular complexity index is 417. The van der Waals surface area contributed by atoms with Crippen molar-refractivity contribution in [1.29, 1.82) is 0 Å². The van der Waals surface area contributed by atoms with Gasteiger partial charge < -0.3 is 15.7 Å². The molecule has 1 amide bonds. The third-order valence-corrected chi connectivity index (χ3v) is 3.27. The molecule has 1 aromatic rings. The molecule has 0 spiro atoms. The number of rotatable bonds is 4. The highest BCUT2D eigenvalue weighted by Crippen LogP contribution is 2.29. The zero-order valence-electron chi connectivity index (χ0n) is 10.0. The molecular formula is C13H17FN2O2. The Hall–Kier alpha value is -1.62. The summed E-state index contributed by atoms with van der Waals surface area (Å²) in [6.45, 7) is 0. The highest BCUT2D eigenvalue weighted by atomic mass is 19.1. The van der Waals surface area contributed by atoms with E-state index < -0.39 is 0 Å². The maximum absolute atomic E-state index is 13.7. The standard InChI is InChI=1S/C13H17FN2O2/c14-11-2-1-3-12(15-8-17)13(11)16-9-4-6-10(18)7-5-9/h1-3,8-10,16,18H,4-7H2,(H,15,17). The van der Waals surface area contributed by atoms with Crippen molar-refractivity contribution < 1.29 is 14.3 Å². The zero-order chi connectivity index (χ0) is 13.0. The molecule has 4 nitrogen and oxygen atoms in total. The van der Waals surface area contributed by atoms with E-state index in [1.54, 1.807) is 12.1 Å². The molecule has 1 aliphatic rings. The molecule has 5 heteroatoms. The van der Waals surface area contributed by atoms with Crippen molar-refractivity contribution in [1.82, 2.24) is 0 Å². The van der Waals surface area contributed by atoms with Gasteiger partial charge in [0.05, 0.1) is 17.5 Å². The lowest BCUT2D eigenvalue weighted by molar-refractivity contribution is -0.105. The fourth-order valence-electron chi connectivity index (χ4n) is 2.28. The van der Waals surface area contributed by atoms with E-state index in [0.29, 0.717) is 17.8 Å². The first-order valence-corrected chi connectivity index (χ1v) is 6.14. The van der Waals surface area contributed by atoms with Crippen LogP contribution in [0.4, 0.5) is 15.8 Å². The van der Waals surface area contributed by atoms with Crippen LogP contribution in [-0.2, 0) is 4.79 Å². The molecule has 0 saturated heterocycles. The van der Waals surface area contributed by atoms with Crippen LogP contribution in [-0.4, -0.2) is 23.7 Å². The van der Waals surface area contributed by atoms with Crippen LogP contribution in [0.25, 0.3) is 0 Å². The van der Waals surface area contributed by atoms with Gasteiger partial charge in [-0.2, -0.15) is 0 Å². The van der Waals surface area contributed by atoms with E-state index in [0.717, 1.165) is 25.7 Å². The lowest BCUT2D eigenvalue weighted by Gasteiger charge is -2.27. The van der Waals surface area contributed by atoms with Crippen LogP contribution in [0.1, 0.15) is 25.7 Å². The third-order valence-electron chi connectivity index (χ3n) is 3.27. The van der Waals surface area contributed by atoms with Gasteiger partial charge in [-0.05, 0) is 37.8 Å². The number of nitrogens with one attached hydrogen (secondary N) is 2. The summed E-state index contributed by atoms with van der Waals surface area (Å²) in [7, 11) is 0. The molecule has 0 aliphatic heterocycles. The predicted molar refractivity (Wildman–Crippen MR) is 68.0 cm³/mol. The summed E-state index contributed by atoms with van der Waals surface area (Å²) in [5, 5.41) is 15.0. The van der Waals surface area contributed by atoms with Crippen LogP contribution >= 0.6 is 0 Å². The molecule has 98 valence electrons. The summed E-state index contributed by atoms with van der Waals surface area (Å²) in [6.07, 6.45) is 3.35. The number of halogens is 1. The first-order valence-electron chi connectivity index (χ1n) is 6.14. The second-order valence-electron chi connectivity index (χ2n) is 4.57. The maximum Gasteiger partial charge on any atom is 0.211 e. The number of benzene rings is 1. The van der Waals surface area contributed by atoms with E-state index >= 15 is 0 Å². The summed E-state index contributed by atoms with van der Waals surface area (Å²) in [6, 6.07) is 4.70. The van der Waals surface area contributed by atoms with Crippen LogP contribution < -0.4 is 10.6 Å². The smallest absolute Gasteiger partial charge is 0.211 e. The van der Waals surface area contributed by atoms with E-state index in [4.69, 9.17) is 0 Å². The molecule has 1 saturated carbocycles. The van der Waals surface area contributed by atoms with Crippen LogP contribution in [0.15, 0.2) is 18.2 Å². The normalized spacial score (nSPS) is 23.4. The highest BCUT2D eigenvalue weighted by molar-refractivity contribution is 5.81. The van der Waals surface area contributed by atoms with Gasteiger partial charge in [-0.25, -0.2) is 4.39 Å². The molecular weight excluding hydrogens is 235 g/mol. The SMILES string of the molecule is O=CNc1cccc(F)c1NC1CCC(O)CC1. The number of hydrogen-bond donors (Lipinski definition) is 3. The van der Waals surface area contributed by atoms with Gasteiger partial charge in [0.15, 0.2) is 0 Å². The largest absolute Gasteiger partial charge is 0.393 e. The molecule has 18 heavy (non-hydrogen) atoms. The van der Waals surface area contributed by atoms with Crippen LogP contribution in [0, 0.1) is 5.82 Å². The Morgan fingerprint density at radius 2 is 2.00 bits per heavy atom. The number of carbonyl (C=O) groups excluding carboxylic acids is 1. The second-order valence-corrected chi connectivity index (χ2v) is 4.57. The number of para-hydroxylation sites is 1. The van der Waals surface area contributed by atoms with Crippen molar-refractivity contribution in [2.75, 3.05) is 10.6 Å². The van der Waals surface area contributed by atoms with Crippen LogP contribution in [0.3, 0.4) is 0 Å². The van der Waals surface area contributed by atoms with Crippen molar-refractivity contribution in [3.05, 3.63) is 24.0 Å². The highest BCUT2D eigenvalue weighted by Gasteiger charge is 2.21. The van der Waals surface area contributed by atoms with Gasteiger partial charge >= 0.3 is 0 Å². The third kappa shape index (κ3) is 2.98. The zero-order valence-corrected chi connectivity index (χ0v) is 10.0. The minimum absolute atomic E-state index is 0.137. The van der Waals surface area contributed by atoms with E-state index in [-0.39, 0.29) is 18.0 Å². The minimum Gasteiger partial charge on any atom is -0.393 e. The number of anilines is 2. The molecule has 2 rings (SSSR count). The monoisotopic (exact) mass is 252 g/mol. The Labute approximate surface area is 105 Å². The maximum atomic E-state index is 13.7. The van der Waals surface area contributed by atoms with E-state index in [9.17, 15) is 14.3 Å². The quantitative estimate of drug-likeness (QED) is 0.719. The lowest BCUT2D eigenvalue weighted by Crippen LogP contribution is -2.28. The number of aliphatic hydroxyl groups is 1. The van der Waals surface area contributed by atoms with Gasteiger partial charge in [0.25, 0.3) is 0 Å². The van der Waals surface area contributed by atoms with E-state index in [1.165, 1.54) is 6.07 Å². The van der Waals surface area contributed by atoms with Crippen molar-refractivity contribution in [2.45, 2.75) is 37.8 Å². The summed E-state index contributed by atoms with van der Waals surface area (Å²) < 4.78 is 13.7. The molecule has 0 atom stereocenters. The predicted octanol–water partition coefficient (Wildman–Crippen LogP) is 2.11. The number of hydrogen-bond acceptors (Lipinski definition) is 3. The average Bonchev–Trinajstić information content (AvgIpc) is 2.36. The summed E-state index contributed by atoms with van der Waals surface area (Å²) in [4.78, 5) is 10.5. The topological polar surface area (TPSA) is 61.4 Å². The average molecular weight is 252 g/mol. The molecule has 1 fully saturated rings. The van der Waals surface area contributed by atoms with Gasteiger partial charge in [0.2, 0.25) is 6.41 Å². The van der Waals surface area contributed by atoms with Gasteiger partial charge in [-0.3, -0.25) is 4.79 Å². The molecule has 0 heterocycles. The van der Waals surface area contributed by atoms with Crippen molar-refractivity contribution in [2.24, 2.45) is 0 Å². The summed E-state index contributed by atoms with van der Waals surface area (Å²) in [5.74, 6) is -0.382. The van der Waals surface area contributed by atoms with Crippen LogP contribution in [0.5, 0.6) is 0 Å². The second kappa shape index (κ2) is 5.82. The first kappa shape index (κ1) is 12.8. The van der Waals surface area contributed by atoms with Gasteiger partial charge in [0, 0.05) is 6.04 Å². The summed E-state index contributed by atoms with van der Waals surface area (Å²) >= 11 is 0. The molecule has 0 unspecified atom stereocenters.